The van der Waals surface area contributed by atoms with Crippen LogP contribution in [0.25, 0.3) is 10.9 Å². The Kier molecular flexibility index (Phi) is 12.9. The predicted octanol–water partition coefficient (Wildman–Crippen LogP) is 5.23. The van der Waals surface area contributed by atoms with E-state index >= 15 is 0 Å². The fourth-order valence-corrected chi connectivity index (χ4v) is 11.5. The number of nitrogens with zero attached hydrogens (tertiary/aromatic N) is 7. The van der Waals surface area contributed by atoms with Crippen molar-refractivity contribution in [3.8, 4) is 11.8 Å². The minimum atomic E-state index is -0.890. The lowest BCUT2D eigenvalue weighted by atomic mass is 9.49. The predicted molar refractivity (Wildman–Crippen MR) is 251 cm³/mol. The molecule has 352 valence electrons. The molecule has 1 aromatic heterocycles. The first-order valence-electron chi connectivity index (χ1n) is 23.5. The average molecular weight is 933 g/mol. The van der Waals surface area contributed by atoms with E-state index in [1.807, 2.05) is 23.1 Å². The largest absolute Gasteiger partial charge is 0.489 e. The number of likely N-dealkylation sites (tertiary alicyclic amines) is 2. The highest BCUT2D eigenvalue weighted by molar-refractivity contribution is 6.31. The Bertz CT molecular complexity index is 2640. The van der Waals surface area contributed by atoms with E-state index in [1.165, 1.54) is 5.56 Å². The van der Waals surface area contributed by atoms with Gasteiger partial charge in [0.05, 0.1) is 34.6 Å². The number of carbonyl (C=O) groups excluding carboxylic acids is 4. The maximum atomic E-state index is 13.5. The number of fused-ring (bicyclic) bond motifs is 1. The Hall–Kier alpha value is -5.89. The molecule has 5 heterocycles. The number of anilines is 1. The SMILES string of the molecule is CC1(C)[C@H](NC(=O)c2ccc(C3CCN(CCOC4CCN(C(=O)C5CN(c6ccc7nnn(C8CCC(=O)NC8=O)c(=O)c7c6)C5)CC4)CC3)cc2)C(C)(C)[C@H]1Oc1ccc(C#N)c(Cl)c1. The number of nitrogens with one attached hydrogen (secondary N) is 2. The maximum absolute atomic E-state index is 13.5. The van der Waals surface area contributed by atoms with Crippen LogP contribution in [0.4, 0.5) is 5.69 Å². The number of nitriles is 1. The molecule has 16 nitrogen and oxygen atoms in total. The van der Waals surface area contributed by atoms with Crippen LogP contribution >= 0.6 is 11.6 Å². The van der Waals surface area contributed by atoms with Crippen LogP contribution in [0.15, 0.2) is 65.5 Å². The van der Waals surface area contributed by atoms with Crippen LogP contribution in [-0.4, -0.2) is 119 Å². The number of carbonyl (C=O) groups is 4. The third-order valence-corrected chi connectivity index (χ3v) is 15.3. The van der Waals surface area contributed by atoms with Gasteiger partial charge in [-0.25, -0.2) is 0 Å². The van der Waals surface area contributed by atoms with Crippen molar-refractivity contribution in [3.05, 3.63) is 92.7 Å². The Morgan fingerprint density at radius 1 is 0.910 bits per heavy atom. The summed E-state index contributed by atoms with van der Waals surface area (Å²) in [5, 5.41) is 23.6. The van der Waals surface area contributed by atoms with Crippen LogP contribution in [0.2, 0.25) is 5.02 Å². The lowest BCUT2D eigenvalue weighted by Gasteiger charge is -2.63. The van der Waals surface area contributed by atoms with Crippen molar-refractivity contribution in [2.75, 3.05) is 57.3 Å². The number of imide groups is 1. The Labute approximate surface area is 394 Å². The zero-order chi connectivity index (χ0) is 47.2. The second-order valence-electron chi connectivity index (χ2n) is 20.0. The number of benzene rings is 3. The Balaban J connectivity index is 0.671. The van der Waals surface area contributed by atoms with E-state index in [0.29, 0.717) is 71.5 Å². The number of aromatic nitrogens is 3. The van der Waals surface area contributed by atoms with Crippen LogP contribution in [0, 0.1) is 28.1 Å². The van der Waals surface area contributed by atoms with Gasteiger partial charge < -0.3 is 29.5 Å². The molecule has 3 aromatic carbocycles. The molecule has 0 spiro atoms. The molecule has 1 aliphatic carbocycles. The highest BCUT2D eigenvalue weighted by Crippen LogP contribution is 2.55. The molecule has 1 atom stereocenters. The first kappa shape index (κ1) is 46.2. The quantitative estimate of drug-likeness (QED) is 0.176. The van der Waals surface area contributed by atoms with Crippen LogP contribution in [0.5, 0.6) is 5.75 Å². The standard InChI is InChI=1S/C50H58ClN9O7/c1-49(2)47(50(3,4)48(49)67-37-11-9-33(27-52)39(51)26-37)54-43(62)32-7-5-30(6-8-32)31-15-19-57(20-16-31)23-24-66-36-17-21-58(22-18-36)45(64)34-28-59(29-34)35-10-12-40-38(25-35)46(65)60(56-55-40)41-13-14-42(61)53-44(41)63/h5-12,25-26,31,34,36,41,47-48H,13-24,28-29H2,1-4H3,(H,54,62)(H,53,61,63)/t41?,47-,48-. The molecular formula is C50H58ClN9O7. The second-order valence-corrected chi connectivity index (χ2v) is 20.5. The van der Waals surface area contributed by atoms with E-state index < -0.39 is 17.5 Å². The number of ether oxygens (including phenoxy) is 2. The molecule has 4 aromatic rings. The minimum Gasteiger partial charge on any atom is -0.489 e. The summed E-state index contributed by atoms with van der Waals surface area (Å²) in [5.41, 5.74) is 2.37. The van der Waals surface area contributed by atoms with Crippen molar-refractivity contribution in [1.82, 2.24) is 35.4 Å². The van der Waals surface area contributed by atoms with Gasteiger partial charge in [-0.2, -0.15) is 9.94 Å². The highest BCUT2D eigenvalue weighted by atomic mass is 35.5. The van der Waals surface area contributed by atoms with Crippen molar-refractivity contribution in [2.45, 2.75) is 96.4 Å². The van der Waals surface area contributed by atoms with Gasteiger partial charge in [0.15, 0.2) is 0 Å². The zero-order valence-electron chi connectivity index (χ0n) is 38.5. The van der Waals surface area contributed by atoms with Gasteiger partial charge >= 0.3 is 0 Å². The van der Waals surface area contributed by atoms with E-state index in [0.717, 1.165) is 55.7 Å². The van der Waals surface area contributed by atoms with Crippen molar-refractivity contribution >= 4 is 51.8 Å². The van der Waals surface area contributed by atoms with E-state index in [2.05, 4.69) is 76.6 Å². The average Bonchev–Trinajstić information content (AvgIpc) is 3.30. The third-order valence-electron chi connectivity index (χ3n) is 14.9. The summed E-state index contributed by atoms with van der Waals surface area (Å²) < 4.78 is 13.8. The summed E-state index contributed by atoms with van der Waals surface area (Å²) >= 11 is 6.26. The maximum Gasteiger partial charge on any atom is 0.278 e. The number of hydrogen-bond donors (Lipinski definition) is 2. The van der Waals surface area contributed by atoms with E-state index in [1.54, 1.807) is 30.3 Å². The van der Waals surface area contributed by atoms with Gasteiger partial charge in [-0.15, -0.1) is 5.10 Å². The lowest BCUT2D eigenvalue weighted by molar-refractivity contribution is -0.164. The van der Waals surface area contributed by atoms with E-state index in [4.69, 9.17) is 21.1 Å². The number of hydrogen-bond acceptors (Lipinski definition) is 12. The molecule has 1 unspecified atom stereocenters. The van der Waals surface area contributed by atoms with Gasteiger partial charge in [-0.05, 0) is 99.1 Å². The third kappa shape index (κ3) is 9.25. The molecule has 5 fully saturated rings. The van der Waals surface area contributed by atoms with Gasteiger partial charge in [0.2, 0.25) is 11.8 Å². The monoisotopic (exact) mass is 931 g/mol. The van der Waals surface area contributed by atoms with Gasteiger partial charge in [0.25, 0.3) is 17.4 Å². The summed E-state index contributed by atoms with van der Waals surface area (Å²) in [6, 6.07) is 19.6. The molecule has 4 aliphatic heterocycles. The molecule has 1 saturated carbocycles. The highest BCUT2D eigenvalue weighted by Gasteiger charge is 2.64. The summed E-state index contributed by atoms with van der Waals surface area (Å²) in [5.74, 6) is 0.0325. The first-order valence-corrected chi connectivity index (χ1v) is 23.9. The van der Waals surface area contributed by atoms with Crippen LogP contribution in [0.1, 0.15) is 99.7 Å². The topological polar surface area (TPSA) is 192 Å². The number of halogens is 1. The smallest absolute Gasteiger partial charge is 0.278 e. The summed E-state index contributed by atoms with van der Waals surface area (Å²) in [6.07, 6.45) is 3.97. The lowest BCUT2D eigenvalue weighted by Crippen LogP contribution is -2.74. The van der Waals surface area contributed by atoms with Crippen molar-refractivity contribution in [1.29, 1.82) is 5.26 Å². The van der Waals surface area contributed by atoms with Crippen LogP contribution in [-0.2, 0) is 19.1 Å². The fourth-order valence-electron chi connectivity index (χ4n) is 11.3. The van der Waals surface area contributed by atoms with E-state index in [9.17, 15) is 29.2 Å². The molecule has 17 heteroatoms. The first-order chi connectivity index (χ1) is 32.1. The molecule has 0 radical (unpaired) electrons. The van der Waals surface area contributed by atoms with Crippen molar-refractivity contribution < 1.29 is 28.7 Å². The van der Waals surface area contributed by atoms with E-state index in [-0.39, 0.29) is 65.6 Å². The molecular weight excluding hydrogens is 874 g/mol. The summed E-state index contributed by atoms with van der Waals surface area (Å²) in [4.78, 5) is 70.8. The molecule has 0 bridgehead atoms. The molecule has 4 saturated heterocycles. The molecule has 5 aliphatic rings. The fraction of sp³-hybridized carbons (Fsp3) is 0.520. The van der Waals surface area contributed by atoms with Crippen LogP contribution in [0.3, 0.4) is 0 Å². The Morgan fingerprint density at radius 2 is 1.63 bits per heavy atom. The number of amides is 4. The van der Waals surface area contributed by atoms with Crippen LogP contribution < -0.4 is 25.8 Å². The second kappa shape index (κ2) is 18.7. The Morgan fingerprint density at radius 3 is 2.30 bits per heavy atom. The summed E-state index contributed by atoms with van der Waals surface area (Å²) in [6.45, 7) is 14.3. The zero-order valence-corrected chi connectivity index (χ0v) is 39.3. The normalized spacial score (nSPS) is 23.5. The van der Waals surface area contributed by atoms with Gasteiger partial charge in [-0.3, -0.25) is 29.3 Å². The summed E-state index contributed by atoms with van der Waals surface area (Å²) in [7, 11) is 0. The van der Waals surface area contributed by atoms with Gasteiger partial charge in [0, 0.05) is 73.3 Å². The number of piperidine rings is 3. The van der Waals surface area contributed by atoms with Crippen molar-refractivity contribution in [3.63, 3.8) is 0 Å². The minimum absolute atomic E-state index is 0.101. The molecule has 67 heavy (non-hydrogen) atoms. The van der Waals surface area contributed by atoms with Gasteiger partial charge in [-0.1, -0.05) is 56.6 Å². The van der Waals surface area contributed by atoms with Crippen molar-refractivity contribution in [2.24, 2.45) is 16.7 Å². The number of rotatable bonds is 12. The molecule has 4 amide bonds. The molecule has 2 N–H and O–H groups in total. The molecule has 9 rings (SSSR count). The van der Waals surface area contributed by atoms with Gasteiger partial charge in [0.1, 0.15) is 29.5 Å².